The predicted octanol–water partition coefficient (Wildman–Crippen LogP) is 15.6. The van der Waals surface area contributed by atoms with Gasteiger partial charge in [0.05, 0.1) is 33.5 Å². The van der Waals surface area contributed by atoms with Crippen molar-refractivity contribution in [2.24, 2.45) is 0 Å². The molecule has 0 aliphatic heterocycles. The molecule has 3 heterocycles. The number of hydrogen-bond donors (Lipinski definition) is 0. The summed E-state index contributed by atoms with van der Waals surface area (Å²) in [5.74, 6) is 0. The maximum Gasteiger partial charge on any atom is 0.0716 e. The highest BCUT2D eigenvalue weighted by Gasteiger charge is 2.17. The first-order valence-corrected chi connectivity index (χ1v) is 21.2. The van der Waals surface area contributed by atoms with Crippen LogP contribution in [0.15, 0.2) is 237 Å². The van der Waals surface area contributed by atoms with E-state index in [1.54, 1.807) is 0 Å². The lowest BCUT2D eigenvalue weighted by Crippen LogP contribution is -1.96. The second-order valence-electron chi connectivity index (χ2n) is 16.0. The number of aromatic nitrogens is 3. The predicted molar refractivity (Wildman–Crippen MR) is 260 cm³/mol. The number of para-hydroxylation sites is 2. The molecule has 290 valence electrons. The number of fused-ring (bicyclic) bond motifs is 6. The van der Waals surface area contributed by atoms with Gasteiger partial charge in [-0.15, -0.1) is 0 Å². The van der Waals surface area contributed by atoms with E-state index in [4.69, 9.17) is 4.98 Å². The first-order valence-electron chi connectivity index (χ1n) is 21.2. The number of pyridine rings is 1. The number of benzene rings is 9. The summed E-state index contributed by atoms with van der Waals surface area (Å²) in [6.45, 7) is 0. The molecule has 3 nitrogen and oxygen atoms in total. The molecule has 9 aromatic carbocycles. The lowest BCUT2D eigenvalue weighted by Gasteiger charge is -2.13. The van der Waals surface area contributed by atoms with Crippen molar-refractivity contribution >= 4 is 43.6 Å². The van der Waals surface area contributed by atoms with Gasteiger partial charge < -0.3 is 9.13 Å². The van der Waals surface area contributed by atoms with Gasteiger partial charge in [0.1, 0.15) is 0 Å². The number of nitrogens with zero attached hydrogens (tertiary/aromatic N) is 3. The van der Waals surface area contributed by atoms with Crippen LogP contribution >= 0.6 is 0 Å². The molecule has 0 unspecified atom stereocenters. The van der Waals surface area contributed by atoms with Crippen molar-refractivity contribution in [3.05, 3.63) is 237 Å². The summed E-state index contributed by atoms with van der Waals surface area (Å²) in [5, 5.41) is 4.93. The van der Waals surface area contributed by atoms with Crippen molar-refractivity contribution in [2.45, 2.75) is 0 Å². The van der Waals surface area contributed by atoms with Crippen LogP contribution in [0.5, 0.6) is 0 Å². The van der Waals surface area contributed by atoms with E-state index < -0.39 is 0 Å². The Labute approximate surface area is 360 Å². The number of hydrogen-bond acceptors (Lipinski definition) is 1. The molecular weight excluding hydrogens is 751 g/mol. The van der Waals surface area contributed by atoms with E-state index in [0.29, 0.717) is 0 Å². The van der Waals surface area contributed by atoms with Crippen LogP contribution in [0.25, 0.3) is 111 Å². The molecule has 12 aromatic rings. The summed E-state index contributed by atoms with van der Waals surface area (Å²) in [5.41, 5.74) is 18.1. The Morgan fingerprint density at radius 2 is 0.694 bits per heavy atom. The van der Waals surface area contributed by atoms with Gasteiger partial charge in [0.15, 0.2) is 0 Å². The van der Waals surface area contributed by atoms with E-state index in [0.717, 1.165) is 45.0 Å². The van der Waals surface area contributed by atoms with Crippen molar-refractivity contribution in [1.29, 1.82) is 0 Å². The average Bonchev–Trinajstić information content (AvgIpc) is 3.87. The second-order valence-corrected chi connectivity index (χ2v) is 16.0. The molecule has 0 saturated heterocycles. The van der Waals surface area contributed by atoms with E-state index in [2.05, 4.69) is 246 Å². The van der Waals surface area contributed by atoms with Gasteiger partial charge in [0, 0.05) is 44.0 Å². The molecule has 0 aliphatic rings. The Kier molecular flexibility index (Phi) is 8.50. The highest BCUT2D eigenvalue weighted by atomic mass is 15.0. The minimum absolute atomic E-state index is 0.938. The Morgan fingerprint density at radius 3 is 1.39 bits per heavy atom. The van der Waals surface area contributed by atoms with E-state index >= 15 is 0 Å². The molecule has 0 atom stereocenters. The first kappa shape index (κ1) is 35.7. The first-order chi connectivity index (χ1) is 30.7. The van der Waals surface area contributed by atoms with Gasteiger partial charge >= 0.3 is 0 Å². The van der Waals surface area contributed by atoms with Crippen molar-refractivity contribution in [3.8, 4) is 67.3 Å². The normalized spacial score (nSPS) is 11.5. The van der Waals surface area contributed by atoms with Gasteiger partial charge in [-0.1, -0.05) is 170 Å². The zero-order chi connectivity index (χ0) is 41.0. The molecule has 0 aliphatic carbocycles. The third kappa shape index (κ3) is 6.10. The molecule has 0 spiro atoms. The summed E-state index contributed by atoms with van der Waals surface area (Å²) in [4.78, 5) is 5.27. The van der Waals surface area contributed by atoms with Gasteiger partial charge in [-0.3, -0.25) is 0 Å². The van der Waals surface area contributed by atoms with Gasteiger partial charge in [0.25, 0.3) is 0 Å². The molecule has 12 rings (SSSR count). The minimum Gasteiger partial charge on any atom is -0.309 e. The monoisotopic (exact) mass is 789 g/mol. The van der Waals surface area contributed by atoms with Gasteiger partial charge in [-0.05, 0) is 100 Å². The fourth-order valence-electron chi connectivity index (χ4n) is 9.33. The molecule has 0 saturated carbocycles. The fraction of sp³-hybridized carbons (Fsp3) is 0. The fourth-order valence-corrected chi connectivity index (χ4v) is 9.33. The van der Waals surface area contributed by atoms with Crippen LogP contribution in [-0.2, 0) is 0 Å². The maximum atomic E-state index is 5.27. The maximum absolute atomic E-state index is 5.27. The van der Waals surface area contributed by atoms with Crippen molar-refractivity contribution in [1.82, 2.24) is 14.1 Å². The molecule has 0 N–H and O–H groups in total. The summed E-state index contributed by atoms with van der Waals surface area (Å²) in [7, 11) is 0. The molecule has 0 amide bonds. The molecule has 3 aromatic heterocycles. The van der Waals surface area contributed by atoms with Crippen LogP contribution in [0.4, 0.5) is 0 Å². The Morgan fingerprint density at radius 1 is 0.226 bits per heavy atom. The smallest absolute Gasteiger partial charge is 0.0716 e. The standard InChI is InChI=1S/C59H39N3/c1-4-15-40(16-5-1)42-27-31-48(32-28-42)61-57-26-13-11-24-51(57)53-36-44(30-34-58(53)61)45-29-33-52-50-23-10-12-25-56(50)62(59(52)39-45)49-22-14-21-46(35-49)55-38-47(41-17-6-2-7-18-41)37-54(60-55)43-19-8-3-9-20-43/h1-39H. The van der Waals surface area contributed by atoms with Crippen LogP contribution in [0.2, 0.25) is 0 Å². The van der Waals surface area contributed by atoms with Gasteiger partial charge in [0.2, 0.25) is 0 Å². The lowest BCUT2D eigenvalue weighted by molar-refractivity contribution is 1.18. The summed E-state index contributed by atoms with van der Waals surface area (Å²) in [6.07, 6.45) is 0. The lowest BCUT2D eigenvalue weighted by atomic mass is 10.00. The van der Waals surface area contributed by atoms with Gasteiger partial charge in [-0.25, -0.2) is 4.98 Å². The van der Waals surface area contributed by atoms with E-state index in [9.17, 15) is 0 Å². The van der Waals surface area contributed by atoms with Gasteiger partial charge in [-0.2, -0.15) is 0 Å². The quantitative estimate of drug-likeness (QED) is 0.158. The second kappa shape index (κ2) is 14.8. The molecular formula is C59H39N3. The van der Waals surface area contributed by atoms with Crippen molar-refractivity contribution in [3.63, 3.8) is 0 Å². The van der Waals surface area contributed by atoms with Crippen LogP contribution < -0.4 is 0 Å². The zero-order valence-electron chi connectivity index (χ0n) is 33.9. The molecule has 3 heteroatoms. The SMILES string of the molecule is c1ccc(-c2ccc(-n3c4ccccc4c4cc(-c5ccc6c7ccccc7n(-c7cccc(-c8cc(-c9ccccc9)cc(-c9ccccc9)n8)c7)c6c5)ccc43)cc2)cc1. The highest BCUT2D eigenvalue weighted by molar-refractivity contribution is 6.12. The Balaban J connectivity index is 0.984. The largest absolute Gasteiger partial charge is 0.309 e. The van der Waals surface area contributed by atoms with Crippen LogP contribution in [0, 0.1) is 0 Å². The van der Waals surface area contributed by atoms with Crippen molar-refractivity contribution < 1.29 is 0 Å². The zero-order valence-corrected chi connectivity index (χ0v) is 33.9. The Hall–Kier alpha value is -8.27. The minimum atomic E-state index is 0.938. The molecule has 0 bridgehead atoms. The molecule has 62 heavy (non-hydrogen) atoms. The number of rotatable bonds is 7. The molecule has 0 radical (unpaired) electrons. The summed E-state index contributed by atoms with van der Waals surface area (Å²) < 4.78 is 4.81. The topological polar surface area (TPSA) is 22.8 Å². The van der Waals surface area contributed by atoms with E-state index in [1.807, 2.05) is 0 Å². The van der Waals surface area contributed by atoms with Crippen LogP contribution in [0.1, 0.15) is 0 Å². The van der Waals surface area contributed by atoms with E-state index in [-0.39, 0.29) is 0 Å². The van der Waals surface area contributed by atoms with Crippen LogP contribution in [0.3, 0.4) is 0 Å². The summed E-state index contributed by atoms with van der Waals surface area (Å²) >= 11 is 0. The molecule has 0 fully saturated rings. The summed E-state index contributed by atoms with van der Waals surface area (Å²) in [6, 6.07) is 85.2. The van der Waals surface area contributed by atoms with Crippen molar-refractivity contribution in [2.75, 3.05) is 0 Å². The van der Waals surface area contributed by atoms with E-state index in [1.165, 1.54) is 65.9 Å². The average molecular weight is 790 g/mol. The third-order valence-electron chi connectivity index (χ3n) is 12.3. The Bertz CT molecular complexity index is 3540. The highest BCUT2D eigenvalue weighted by Crippen LogP contribution is 2.39. The van der Waals surface area contributed by atoms with Crippen LogP contribution in [-0.4, -0.2) is 14.1 Å². The third-order valence-corrected chi connectivity index (χ3v) is 12.3.